The molecule has 0 saturated heterocycles. The summed E-state index contributed by atoms with van der Waals surface area (Å²) in [5.41, 5.74) is 0.447. The van der Waals surface area contributed by atoms with E-state index in [9.17, 15) is 4.79 Å². The fraction of sp³-hybridized carbons (Fsp3) is 0.188. The molecule has 0 spiro atoms. The molecule has 0 amide bonds. The summed E-state index contributed by atoms with van der Waals surface area (Å²) in [6.45, 7) is -0.0515. The fourth-order valence-corrected chi connectivity index (χ4v) is 2.15. The van der Waals surface area contributed by atoms with Gasteiger partial charge in [-0.3, -0.25) is 4.79 Å². The number of carbonyl (C=O) groups is 1. The first-order chi connectivity index (χ1) is 10.1. The van der Waals surface area contributed by atoms with Crippen molar-refractivity contribution in [3.8, 4) is 17.2 Å². The number of benzene rings is 2. The Balaban J connectivity index is 2.10. The summed E-state index contributed by atoms with van der Waals surface area (Å²) in [6, 6.07) is 12.6. The second-order valence-electron chi connectivity index (χ2n) is 4.23. The second kappa shape index (κ2) is 7.31. The molecule has 0 radical (unpaired) electrons. The van der Waals surface area contributed by atoms with Gasteiger partial charge in [0.05, 0.1) is 19.8 Å². The number of ketones is 1. The Labute approximate surface area is 137 Å². The summed E-state index contributed by atoms with van der Waals surface area (Å²) in [6.07, 6.45) is 0. The lowest BCUT2D eigenvalue weighted by Crippen LogP contribution is -2.13. The van der Waals surface area contributed by atoms with E-state index >= 15 is 0 Å². The summed E-state index contributed by atoms with van der Waals surface area (Å²) in [7, 11) is 3.08. The van der Waals surface area contributed by atoms with Gasteiger partial charge in [0, 0.05) is 3.57 Å². The van der Waals surface area contributed by atoms with Gasteiger partial charge >= 0.3 is 0 Å². The van der Waals surface area contributed by atoms with Crippen LogP contribution in [0.15, 0.2) is 42.5 Å². The van der Waals surface area contributed by atoms with E-state index in [1.807, 2.05) is 24.3 Å². The highest BCUT2D eigenvalue weighted by atomic mass is 127. The van der Waals surface area contributed by atoms with Crippen molar-refractivity contribution in [1.82, 2.24) is 0 Å². The highest BCUT2D eigenvalue weighted by Crippen LogP contribution is 2.24. The van der Waals surface area contributed by atoms with E-state index in [2.05, 4.69) is 22.6 Å². The van der Waals surface area contributed by atoms with Crippen LogP contribution >= 0.6 is 22.6 Å². The molecule has 110 valence electrons. The third-order valence-corrected chi connectivity index (χ3v) is 3.61. The van der Waals surface area contributed by atoms with Crippen LogP contribution in [0.25, 0.3) is 0 Å². The van der Waals surface area contributed by atoms with E-state index in [1.165, 1.54) is 7.11 Å². The molecule has 0 N–H and O–H groups in total. The molecule has 0 aliphatic heterocycles. The Kier molecular flexibility index (Phi) is 5.44. The van der Waals surface area contributed by atoms with Crippen LogP contribution in [-0.2, 0) is 0 Å². The van der Waals surface area contributed by atoms with Gasteiger partial charge in [-0.2, -0.15) is 0 Å². The van der Waals surface area contributed by atoms with Crippen molar-refractivity contribution in [1.29, 1.82) is 0 Å². The van der Waals surface area contributed by atoms with Gasteiger partial charge in [-0.1, -0.05) is 0 Å². The largest absolute Gasteiger partial charge is 0.497 e. The summed E-state index contributed by atoms with van der Waals surface area (Å²) in [5, 5.41) is 0. The van der Waals surface area contributed by atoms with Crippen LogP contribution in [-0.4, -0.2) is 26.6 Å². The molecule has 0 aliphatic carbocycles. The Morgan fingerprint density at radius 1 is 1.00 bits per heavy atom. The van der Waals surface area contributed by atoms with Crippen molar-refractivity contribution in [3.63, 3.8) is 0 Å². The monoisotopic (exact) mass is 398 g/mol. The number of hydrogen-bond donors (Lipinski definition) is 0. The van der Waals surface area contributed by atoms with Crippen molar-refractivity contribution < 1.29 is 19.0 Å². The molecule has 0 aliphatic rings. The van der Waals surface area contributed by atoms with Crippen LogP contribution in [0, 0.1) is 3.57 Å². The normalized spacial score (nSPS) is 10.0. The predicted molar refractivity (Wildman–Crippen MR) is 88.5 cm³/mol. The van der Waals surface area contributed by atoms with E-state index in [0.717, 1.165) is 3.57 Å². The Bertz CT molecular complexity index is 623. The zero-order valence-corrected chi connectivity index (χ0v) is 13.9. The Morgan fingerprint density at radius 2 is 1.67 bits per heavy atom. The zero-order valence-electron chi connectivity index (χ0n) is 11.8. The van der Waals surface area contributed by atoms with Crippen molar-refractivity contribution in [3.05, 3.63) is 51.6 Å². The molecule has 0 bridgehead atoms. The van der Waals surface area contributed by atoms with Crippen LogP contribution in [0.1, 0.15) is 10.4 Å². The Morgan fingerprint density at radius 3 is 2.29 bits per heavy atom. The number of ether oxygens (including phenoxy) is 3. The lowest BCUT2D eigenvalue weighted by molar-refractivity contribution is 0.0918. The minimum Gasteiger partial charge on any atom is -0.497 e. The molecular formula is C16H15IO4. The molecule has 4 nitrogen and oxygen atoms in total. The second-order valence-corrected chi connectivity index (χ2v) is 5.48. The highest BCUT2D eigenvalue weighted by Gasteiger charge is 2.14. The van der Waals surface area contributed by atoms with E-state index in [-0.39, 0.29) is 12.4 Å². The maximum absolute atomic E-state index is 12.3. The average Bonchev–Trinajstić information content (AvgIpc) is 2.53. The third-order valence-electron chi connectivity index (χ3n) is 2.89. The summed E-state index contributed by atoms with van der Waals surface area (Å²) in [4.78, 5) is 12.3. The molecule has 0 atom stereocenters. The first-order valence-electron chi connectivity index (χ1n) is 6.27. The molecule has 21 heavy (non-hydrogen) atoms. The number of halogens is 1. The van der Waals surface area contributed by atoms with Gasteiger partial charge in [0.15, 0.2) is 6.61 Å². The maximum atomic E-state index is 12.3. The fourth-order valence-electron chi connectivity index (χ4n) is 1.79. The average molecular weight is 398 g/mol. The number of methoxy groups -OCH3 is 2. The molecule has 0 unspecified atom stereocenters. The van der Waals surface area contributed by atoms with Gasteiger partial charge in [-0.25, -0.2) is 0 Å². The van der Waals surface area contributed by atoms with Gasteiger partial charge in [0.25, 0.3) is 0 Å². The number of Topliss-reactive ketones (excluding diaryl/α,β-unsaturated/α-hetero) is 1. The Hall–Kier alpha value is -1.76. The van der Waals surface area contributed by atoms with Gasteiger partial charge < -0.3 is 14.2 Å². The smallest absolute Gasteiger partial charge is 0.204 e. The minimum absolute atomic E-state index is 0.0515. The molecule has 0 saturated carbocycles. The van der Waals surface area contributed by atoms with E-state index in [0.29, 0.717) is 22.8 Å². The van der Waals surface area contributed by atoms with E-state index in [4.69, 9.17) is 14.2 Å². The third kappa shape index (κ3) is 4.10. The lowest BCUT2D eigenvalue weighted by Gasteiger charge is -2.10. The molecule has 5 heteroatoms. The molecule has 2 rings (SSSR count). The van der Waals surface area contributed by atoms with Crippen molar-refractivity contribution in [2.75, 3.05) is 20.8 Å². The molecule has 2 aromatic rings. The van der Waals surface area contributed by atoms with E-state index < -0.39 is 0 Å². The first-order valence-corrected chi connectivity index (χ1v) is 7.35. The summed E-state index contributed by atoms with van der Waals surface area (Å²) in [5.74, 6) is 1.61. The van der Waals surface area contributed by atoms with Gasteiger partial charge in [-0.05, 0) is 65.1 Å². The van der Waals surface area contributed by atoms with Gasteiger partial charge in [0.2, 0.25) is 5.78 Å². The zero-order chi connectivity index (χ0) is 15.2. The van der Waals surface area contributed by atoms with Crippen molar-refractivity contribution >= 4 is 28.4 Å². The number of rotatable bonds is 6. The lowest BCUT2D eigenvalue weighted by atomic mass is 10.1. The van der Waals surface area contributed by atoms with Crippen LogP contribution in [0.5, 0.6) is 17.2 Å². The van der Waals surface area contributed by atoms with Crippen LogP contribution in [0.2, 0.25) is 0 Å². The van der Waals surface area contributed by atoms with Crippen LogP contribution in [0.4, 0.5) is 0 Å². The molecule has 0 fully saturated rings. The van der Waals surface area contributed by atoms with E-state index in [1.54, 1.807) is 25.3 Å². The molecular weight excluding hydrogens is 383 g/mol. The topological polar surface area (TPSA) is 44.8 Å². The summed E-state index contributed by atoms with van der Waals surface area (Å²) >= 11 is 2.21. The van der Waals surface area contributed by atoms with Gasteiger partial charge in [-0.15, -0.1) is 0 Å². The van der Waals surface area contributed by atoms with Crippen molar-refractivity contribution in [2.45, 2.75) is 0 Å². The molecule has 0 heterocycles. The van der Waals surface area contributed by atoms with Gasteiger partial charge in [0.1, 0.15) is 17.2 Å². The first kappa shape index (κ1) is 15.6. The quantitative estimate of drug-likeness (QED) is 0.552. The molecule has 0 aromatic heterocycles. The van der Waals surface area contributed by atoms with Crippen LogP contribution < -0.4 is 14.2 Å². The summed E-state index contributed by atoms with van der Waals surface area (Å²) < 4.78 is 16.9. The molecule has 2 aromatic carbocycles. The standard InChI is InChI=1S/C16H15IO4/c1-19-13-7-8-16(20-2)14(9-13)15(18)10-21-12-5-3-11(17)4-6-12/h3-9H,10H2,1-2H3. The maximum Gasteiger partial charge on any atom is 0.204 e. The highest BCUT2D eigenvalue weighted by molar-refractivity contribution is 14.1. The minimum atomic E-state index is -0.163. The number of carbonyl (C=O) groups excluding carboxylic acids is 1. The van der Waals surface area contributed by atoms with Crippen molar-refractivity contribution in [2.24, 2.45) is 0 Å². The number of hydrogen-bond acceptors (Lipinski definition) is 4. The van der Waals surface area contributed by atoms with Crippen LogP contribution in [0.3, 0.4) is 0 Å². The SMILES string of the molecule is COc1ccc(OC)c(C(=O)COc2ccc(I)cc2)c1. The predicted octanol–water partition coefficient (Wildman–Crippen LogP) is 3.57.